The Bertz CT molecular complexity index is 615. The summed E-state index contributed by atoms with van der Waals surface area (Å²) in [5.74, 6) is 0.530. The number of hydrogen-bond donors (Lipinski definition) is 1. The third-order valence-corrected chi connectivity index (χ3v) is 4.54. The van der Waals surface area contributed by atoms with Crippen molar-refractivity contribution in [1.29, 1.82) is 5.26 Å². The lowest BCUT2D eigenvalue weighted by molar-refractivity contribution is 0.867. The molecule has 0 spiro atoms. The van der Waals surface area contributed by atoms with Crippen LogP contribution in [0.5, 0.6) is 0 Å². The van der Waals surface area contributed by atoms with Gasteiger partial charge in [-0.1, -0.05) is 45.0 Å². The standard InChI is InChI=1S/C16H18N2S/c1-4-13-15(18)14(9-17)19-16(13)12-7-5-11(6-8-12)10(2)3/h5-8,10H,4,18H2,1-3H3. The maximum atomic E-state index is 9.10. The molecule has 3 heteroatoms. The van der Waals surface area contributed by atoms with E-state index in [4.69, 9.17) is 11.0 Å². The highest BCUT2D eigenvalue weighted by molar-refractivity contribution is 7.16. The summed E-state index contributed by atoms with van der Waals surface area (Å²) < 4.78 is 0. The lowest BCUT2D eigenvalue weighted by Gasteiger charge is -2.07. The lowest BCUT2D eigenvalue weighted by atomic mass is 10.00. The number of nitrogens with two attached hydrogens (primary N) is 1. The first-order valence-corrected chi connectivity index (χ1v) is 7.31. The maximum absolute atomic E-state index is 9.10. The van der Waals surface area contributed by atoms with Crippen molar-refractivity contribution in [3.05, 3.63) is 40.3 Å². The van der Waals surface area contributed by atoms with Crippen molar-refractivity contribution in [2.75, 3.05) is 5.73 Å². The molecule has 2 nitrogen and oxygen atoms in total. The second kappa shape index (κ2) is 5.46. The van der Waals surface area contributed by atoms with E-state index in [-0.39, 0.29) is 0 Å². The molecule has 98 valence electrons. The molecule has 2 N–H and O–H groups in total. The van der Waals surface area contributed by atoms with E-state index in [1.54, 1.807) is 0 Å². The van der Waals surface area contributed by atoms with Gasteiger partial charge in [-0.05, 0) is 29.0 Å². The molecule has 0 atom stereocenters. The van der Waals surface area contributed by atoms with Gasteiger partial charge in [0.15, 0.2) is 0 Å². The minimum absolute atomic E-state index is 0.530. The van der Waals surface area contributed by atoms with Crippen molar-refractivity contribution in [2.45, 2.75) is 33.1 Å². The number of benzene rings is 1. The molecule has 0 unspecified atom stereocenters. The fourth-order valence-corrected chi connectivity index (χ4v) is 3.28. The SMILES string of the molecule is CCc1c(-c2ccc(C(C)C)cc2)sc(C#N)c1N. The first-order chi connectivity index (χ1) is 9.08. The van der Waals surface area contributed by atoms with Crippen LogP contribution in [0.3, 0.4) is 0 Å². The van der Waals surface area contributed by atoms with Gasteiger partial charge in [0.2, 0.25) is 0 Å². The molecule has 0 aliphatic rings. The van der Waals surface area contributed by atoms with Crippen LogP contribution >= 0.6 is 11.3 Å². The predicted molar refractivity (Wildman–Crippen MR) is 82.3 cm³/mol. The molecule has 2 aromatic rings. The van der Waals surface area contributed by atoms with Gasteiger partial charge in [0.05, 0.1) is 5.69 Å². The molecule has 0 radical (unpaired) electrons. The quantitative estimate of drug-likeness (QED) is 0.889. The Morgan fingerprint density at radius 2 is 1.89 bits per heavy atom. The third-order valence-electron chi connectivity index (χ3n) is 3.34. The van der Waals surface area contributed by atoms with E-state index in [9.17, 15) is 0 Å². The monoisotopic (exact) mass is 270 g/mol. The van der Waals surface area contributed by atoms with Gasteiger partial charge in [0.1, 0.15) is 10.9 Å². The van der Waals surface area contributed by atoms with Crippen LogP contribution in [0.15, 0.2) is 24.3 Å². The van der Waals surface area contributed by atoms with Crippen LogP contribution in [0.2, 0.25) is 0 Å². The Labute approximate surface area is 118 Å². The molecule has 1 aromatic carbocycles. The molecule has 0 fully saturated rings. The zero-order valence-corrected chi connectivity index (χ0v) is 12.3. The van der Waals surface area contributed by atoms with E-state index < -0.39 is 0 Å². The van der Waals surface area contributed by atoms with Crippen molar-refractivity contribution in [2.24, 2.45) is 0 Å². The second-order valence-electron chi connectivity index (χ2n) is 4.89. The Kier molecular flexibility index (Phi) is 3.92. The molecule has 0 bridgehead atoms. The Morgan fingerprint density at radius 3 is 2.37 bits per heavy atom. The largest absolute Gasteiger partial charge is 0.397 e. The van der Waals surface area contributed by atoms with Crippen LogP contribution in [0.4, 0.5) is 5.69 Å². The third kappa shape index (κ3) is 2.50. The fraction of sp³-hybridized carbons (Fsp3) is 0.312. The lowest BCUT2D eigenvalue weighted by Crippen LogP contribution is -1.92. The van der Waals surface area contributed by atoms with Crippen molar-refractivity contribution >= 4 is 17.0 Å². The molecule has 2 rings (SSSR count). The number of rotatable bonds is 3. The van der Waals surface area contributed by atoms with Gasteiger partial charge in [0.25, 0.3) is 0 Å². The topological polar surface area (TPSA) is 49.8 Å². The highest BCUT2D eigenvalue weighted by Gasteiger charge is 2.15. The van der Waals surface area contributed by atoms with Crippen molar-refractivity contribution in [3.8, 4) is 16.5 Å². The molecule has 0 aliphatic carbocycles. The van der Waals surface area contributed by atoms with Gasteiger partial charge >= 0.3 is 0 Å². The number of thiophene rings is 1. The van der Waals surface area contributed by atoms with Crippen LogP contribution in [-0.2, 0) is 6.42 Å². The van der Waals surface area contributed by atoms with Crippen molar-refractivity contribution in [1.82, 2.24) is 0 Å². The highest BCUT2D eigenvalue weighted by Crippen LogP contribution is 2.38. The summed E-state index contributed by atoms with van der Waals surface area (Å²) in [6.07, 6.45) is 0.852. The molecular weight excluding hydrogens is 252 g/mol. The Hall–Kier alpha value is -1.79. The van der Waals surface area contributed by atoms with E-state index in [2.05, 4.69) is 51.1 Å². The van der Waals surface area contributed by atoms with Crippen LogP contribution in [0, 0.1) is 11.3 Å². The molecule has 19 heavy (non-hydrogen) atoms. The first-order valence-electron chi connectivity index (χ1n) is 6.50. The summed E-state index contributed by atoms with van der Waals surface area (Å²) in [6, 6.07) is 10.7. The summed E-state index contributed by atoms with van der Waals surface area (Å²) >= 11 is 1.49. The number of nitriles is 1. The summed E-state index contributed by atoms with van der Waals surface area (Å²) in [6.45, 7) is 6.44. The molecular formula is C16H18N2S. The molecule has 0 aliphatic heterocycles. The first kappa shape index (κ1) is 13.6. The zero-order valence-electron chi connectivity index (χ0n) is 11.5. The number of nitrogens with zero attached hydrogens (tertiary/aromatic N) is 1. The van der Waals surface area contributed by atoms with E-state index in [1.807, 2.05) is 0 Å². The summed E-state index contributed by atoms with van der Waals surface area (Å²) in [4.78, 5) is 1.76. The van der Waals surface area contributed by atoms with Crippen molar-refractivity contribution in [3.63, 3.8) is 0 Å². The number of nitrogen functional groups attached to an aromatic ring is 1. The van der Waals surface area contributed by atoms with E-state index >= 15 is 0 Å². The van der Waals surface area contributed by atoms with Crippen molar-refractivity contribution < 1.29 is 0 Å². The smallest absolute Gasteiger partial charge is 0.128 e. The van der Waals surface area contributed by atoms with Gasteiger partial charge in [-0.15, -0.1) is 11.3 Å². The molecule has 0 saturated heterocycles. The summed E-state index contributed by atoms with van der Waals surface area (Å²) in [5, 5.41) is 9.10. The van der Waals surface area contributed by atoms with E-state index in [0.29, 0.717) is 16.5 Å². The predicted octanol–water partition coefficient (Wildman–Crippen LogP) is 4.55. The normalized spacial score (nSPS) is 10.7. The minimum atomic E-state index is 0.530. The summed E-state index contributed by atoms with van der Waals surface area (Å²) in [5.41, 5.74) is 10.3. The van der Waals surface area contributed by atoms with Gasteiger partial charge in [-0.25, -0.2) is 0 Å². The zero-order chi connectivity index (χ0) is 14.0. The van der Waals surface area contributed by atoms with E-state index in [0.717, 1.165) is 22.4 Å². The van der Waals surface area contributed by atoms with E-state index in [1.165, 1.54) is 16.9 Å². The minimum Gasteiger partial charge on any atom is -0.397 e. The molecule has 0 amide bonds. The Balaban J connectivity index is 2.50. The fourth-order valence-electron chi connectivity index (χ4n) is 2.16. The summed E-state index contributed by atoms with van der Waals surface area (Å²) in [7, 11) is 0. The second-order valence-corrected chi connectivity index (χ2v) is 5.92. The average Bonchev–Trinajstić information content (AvgIpc) is 2.75. The van der Waals surface area contributed by atoms with Crippen LogP contribution in [-0.4, -0.2) is 0 Å². The highest BCUT2D eigenvalue weighted by atomic mass is 32.1. The van der Waals surface area contributed by atoms with Gasteiger partial charge < -0.3 is 5.73 Å². The Morgan fingerprint density at radius 1 is 1.26 bits per heavy atom. The molecule has 1 heterocycles. The van der Waals surface area contributed by atoms with Gasteiger partial charge in [0, 0.05) is 4.88 Å². The molecule has 0 saturated carbocycles. The van der Waals surface area contributed by atoms with Crippen LogP contribution < -0.4 is 5.73 Å². The van der Waals surface area contributed by atoms with Gasteiger partial charge in [-0.3, -0.25) is 0 Å². The average molecular weight is 270 g/mol. The molecule has 1 aromatic heterocycles. The van der Waals surface area contributed by atoms with Crippen LogP contribution in [0.25, 0.3) is 10.4 Å². The van der Waals surface area contributed by atoms with Gasteiger partial charge in [-0.2, -0.15) is 5.26 Å². The number of anilines is 1. The van der Waals surface area contributed by atoms with Crippen LogP contribution in [0.1, 0.15) is 42.7 Å². The number of hydrogen-bond acceptors (Lipinski definition) is 3. The maximum Gasteiger partial charge on any atom is 0.128 e.